The lowest BCUT2D eigenvalue weighted by Gasteiger charge is -2.03. The number of hydrogen-bond acceptors (Lipinski definition) is 4. The molecule has 0 fully saturated rings. The molecule has 0 unspecified atom stereocenters. The Labute approximate surface area is 120 Å². The fourth-order valence-electron chi connectivity index (χ4n) is 1.96. The zero-order valence-electron chi connectivity index (χ0n) is 11.0. The van der Waals surface area contributed by atoms with Gasteiger partial charge >= 0.3 is 0 Å². The maximum Gasteiger partial charge on any atom is 0.280 e. The van der Waals surface area contributed by atoms with Crippen molar-refractivity contribution >= 4 is 22.7 Å². The van der Waals surface area contributed by atoms with Gasteiger partial charge in [-0.2, -0.15) is 4.98 Å². The molecule has 0 saturated heterocycles. The van der Waals surface area contributed by atoms with Crippen molar-refractivity contribution in [3.8, 4) is 0 Å². The molecule has 1 aromatic carbocycles. The summed E-state index contributed by atoms with van der Waals surface area (Å²) in [6.45, 7) is 1.76. The number of aromatic amines is 1. The maximum absolute atomic E-state index is 11.9. The third kappa shape index (κ3) is 2.72. The molecule has 3 aromatic rings. The van der Waals surface area contributed by atoms with Crippen LogP contribution in [-0.4, -0.2) is 15.0 Å². The van der Waals surface area contributed by atoms with Gasteiger partial charge in [0.25, 0.3) is 5.56 Å². The Morgan fingerprint density at radius 2 is 2.05 bits per heavy atom. The van der Waals surface area contributed by atoms with Gasteiger partial charge in [0.2, 0.25) is 0 Å². The van der Waals surface area contributed by atoms with Crippen molar-refractivity contribution in [2.75, 3.05) is 0 Å². The molecule has 3 rings (SSSR count). The predicted octanol–water partition coefficient (Wildman–Crippen LogP) is 2.92. The number of pyridine rings is 1. The van der Waals surface area contributed by atoms with E-state index in [2.05, 4.69) is 27.1 Å². The molecule has 0 amide bonds. The van der Waals surface area contributed by atoms with E-state index in [1.165, 1.54) is 5.56 Å². The zero-order chi connectivity index (χ0) is 13.9. The monoisotopic (exact) mass is 283 g/mol. The van der Waals surface area contributed by atoms with Crippen LogP contribution in [0.2, 0.25) is 0 Å². The van der Waals surface area contributed by atoms with Gasteiger partial charge in [-0.3, -0.25) is 4.79 Å². The summed E-state index contributed by atoms with van der Waals surface area (Å²) in [5.41, 5.74) is 1.75. The molecule has 2 aromatic heterocycles. The highest BCUT2D eigenvalue weighted by Crippen LogP contribution is 2.22. The van der Waals surface area contributed by atoms with Crippen LogP contribution in [0.3, 0.4) is 0 Å². The van der Waals surface area contributed by atoms with Gasteiger partial charge in [-0.25, -0.2) is 4.98 Å². The second-order valence-electron chi connectivity index (χ2n) is 4.47. The van der Waals surface area contributed by atoms with Crippen LogP contribution in [-0.2, 0) is 5.75 Å². The molecule has 0 spiro atoms. The number of nitrogens with one attached hydrogen (secondary N) is 1. The molecule has 0 aliphatic rings. The summed E-state index contributed by atoms with van der Waals surface area (Å²) in [4.78, 5) is 23.2. The molecule has 1 N–H and O–H groups in total. The third-order valence-electron chi connectivity index (χ3n) is 2.92. The number of aryl methyl sites for hydroxylation is 1. The molecule has 5 heteroatoms. The highest BCUT2D eigenvalue weighted by atomic mass is 32.2. The average molecular weight is 283 g/mol. The standard InChI is InChI=1S/C15H13N3OS/c1-10-17-13-8-16-14(7-12(13)15(19)18-10)20-9-11-5-3-2-4-6-11/h2-8H,9H2,1H3,(H,17,18,19). The van der Waals surface area contributed by atoms with Crippen LogP contribution >= 0.6 is 11.8 Å². The third-order valence-corrected chi connectivity index (χ3v) is 3.92. The van der Waals surface area contributed by atoms with Gasteiger partial charge in [0.05, 0.1) is 22.1 Å². The minimum absolute atomic E-state index is 0.208. The van der Waals surface area contributed by atoms with E-state index < -0.39 is 0 Å². The van der Waals surface area contributed by atoms with E-state index in [-0.39, 0.29) is 5.56 Å². The molecule has 0 radical (unpaired) electrons. The van der Waals surface area contributed by atoms with Crippen molar-refractivity contribution < 1.29 is 0 Å². The molecular weight excluding hydrogens is 270 g/mol. The van der Waals surface area contributed by atoms with E-state index in [0.717, 1.165) is 16.3 Å². The van der Waals surface area contributed by atoms with Gasteiger partial charge in [-0.15, -0.1) is 11.8 Å². The molecule has 0 bridgehead atoms. The summed E-state index contributed by atoms with van der Waals surface area (Å²) in [6, 6.07) is 12.0. The van der Waals surface area contributed by atoms with Gasteiger partial charge in [0.15, 0.2) is 0 Å². The Morgan fingerprint density at radius 3 is 2.85 bits per heavy atom. The fraction of sp³-hybridized carbons (Fsp3) is 0.133. The number of thioether (sulfide) groups is 1. The van der Waals surface area contributed by atoms with Gasteiger partial charge < -0.3 is 4.98 Å². The van der Waals surface area contributed by atoms with Crippen molar-refractivity contribution in [2.24, 2.45) is 0 Å². The molecular formula is C15H13N3OS. The molecule has 4 nitrogen and oxygen atoms in total. The molecule has 0 atom stereocenters. The number of aromatic nitrogens is 3. The van der Waals surface area contributed by atoms with Crippen molar-refractivity contribution in [3.05, 3.63) is 64.3 Å². The normalized spacial score (nSPS) is 10.8. The largest absolute Gasteiger partial charge is 0.342 e. The number of fused-ring (bicyclic) bond motifs is 1. The lowest BCUT2D eigenvalue weighted by molar-refractivity contribution is 1.04. The molecule has 0 aliphatic heterocycles. The number of nitrogens with zero attached hydrogens (tertiary/aromatic N) is 2. The summed E-state index contributed by atoms with van der Waals surface area (Å²) in [6.07, 6.45) is 1.69. The first-order valence-corrected chi connectivity index (χ1v) is 7.24. The topological polar surface area (TPSA) is 58.6 Å². The molecule has 0 saturated carbocycles. The summed E-state index contributed by atoms with van der Waals surface area (Å²) in [7, 11) is 0. The van der Waals surface area contributed by atoms with Crippen LogP contribution in [0.15, 0.2) is 52.4 Å². The Hall–Kier alpha value is -2.14. The van der Waals surface area contributed by atoms with Crippen LogP contribution in [0.25, 0.3) is 10.9 Å². The second-order valence-corrected chi connectivity index (χ2v) is 5.47. The molecule has 2 heterocycles. The average Bonchev–Trinajstić information content (AvgIpc) is 2.46. The van der Waals surface area contributed by atoms with Gasteiger partial charge in [-0.1, -0.05) is 30.3 Å². The maximum atomic E-state index is 11.9. The fourth-order valence-corrected chi connectivity index (χ4v) is 2.79. The van der Waals surface area contributed by atoms with Crippen LogP contribution in [0.4, 0.5) is 0 Å². The van der Waals surface area contributed by atoms with Crippen molar-refractivity contribution in [2.45, 2.75) is 17.7 Å². The molecule has 20 heavy (non-hydrogen) atoms. The van der Waals surface area contributed by atoms with Crippen LogP contribution in [0.5, 0.6) is 0 Å². The Bertz CT molecular complexity index is 799. The Morgan fingerprint density at radius 1 is 1.25 bits per heavy atom. The van der Waals surface area contributed by atoms with E-state index in [4.69, 9.17) is 0 Å². The van der Waals surface area contributed by atoms with Crippen LogP contribution < -0.4 is 5.56 Å². The number of rotatable bonds is 3. The SMILES string of the molecule is Cc1nc(=O)c2cc(SCc3ccccc3)ncc2[nH]1. The summed E-state index contributed by atoms with van der Waals surface area (Å²) >= 11 is 1.61. The van der Waals surface area contributed by atoms with Gasteiger partial charge in [0, 0.05) is 5.75 Å². The van der Waals surface area contributed by atoms with Gasteiger partial charge in [0.1, 0.15) is 5.82 Å². The summed E-state index contributed by atoms with van der Waals surface area (Å²) < 4.78 is 0. The number of H-pyrrole nitrogens is 1. The van der Waals surface area contributed by atoms with E-state index >= 15 is 0 Å². The first-order chi connectivity index (χ1) is 9.72. The summed E-state index contributed by atoms with van der Waals surface area (Å²) in [5.74, 6) is 1.44. The first-order valence-electron chi connectivity index (χ1n) is 6.26. The molecule has 100 valence electrons. The minimum Gasteiger partial charge on any atom is -0.342 e. The van der Waals surface area contributed by atoms with Crippen molar-refractivity contribution in [1.82, 2.24) is 15.0 Å². The highest BCUT2D eigenvalue weighted by molar-refractivity contribution is 7.98. The highest BCUT2D eigenvalue weighted by Gasteiger charge is 2.04. The number of benzene rings is 1. The Kier molecular flexibility index (Phi) is 3.52. The quantitative estimate of drug-likeness (QED) is 0.751. The van der Waals surface area contributed by atoms with E-state index in [9.17, 15) is 4.79 Å². The van der Waals surface area contributed by atoms with E-state index in [1.54, 1.807) is 30.9 Å². The van der Waals surface area contributed by atoms with E-state index in [0.29, 0.717) is 11.2 Å². The number of hydrogen-bond donors (Lipinski definition) is 1. The van der Waals surface area contributed by atoms with Crippen LogP contribution in [0.1, 0.15) is 11.4 Å². The second kappa shape index (κ2) is 5.46. The Balaban J connectivity index is 1.88. The predicted molar refractivity (Wildman–Crippen MR) is 80.9 cm³/mol. The molecule has 0 aliphatic carbocycles. The lowest BCUT2D eigenvalue weighted by atomic mass is 10.2. The lowest BCUT2D eigenvalue weighted by Crippen LogP contribution is -2.10. The smallest absolute Gasteiger partial charge is 0.280 e. The summed E-state index contributed by atoms with van der Waals surface area (Å²) in [5, 5.41) is 1.42. The van der Waals surface area contributed by atoms with Gasteiger partial charge in [-0.05, 0) is 18.6 Å². The van der Waals surface area contributed by atoms with Crippen molar-refractivity contribution in [1.29, 1.82) is 0 Å². The minimum atomic E-state index is -0.208. The zero-order valence-corrected chi connectivity index (χ0v) is 11.8. The van der Waals surface area contributed by atoms with Crippen molar-refractivity contribution in [3.63, 3.8) is 0 Å². The first kappa shape index (κ1) is 12.9. The van der Waals surface area contributed by atoms with E-state index in [1.807, 2.05) is 18.2 Å². The van der Waals surface area contributed by atoms with Crippen LogP contribution in [0, 0.1) is 6.92 Å².